The number of fused-ring (bicyclic) bond motifs is 1. The van der Waals surface area contributed by atoms with E-state index < -0.39 is 0 Å². The van der Waals surface area contributed by atoms with Gasteiger partial charge in [0.1, 0.15) is 5.52 Å². The first-order valence-corrected chi connectivity index (χ1v) is 4.70. The van der Waals surface area contributed by atoms with Crippen molar-refractivity contribution in [1.82, 2.24) is 4.98 Å². The Morgan fingerprint density at radius 3 is 3.20 bits per heavy atom. The molecule has 0 saturated carbocycles. The van der Waals surface area contributed by atoms with Gasteiger partial charge in [-0.3, -0.25) is 0 Å². The molecule has 74 valence electrons. The van der Waals surface area contributed by atoms with Crippen LogP contribution in [-0.2, 0) is 0 Å². The Balaban J connectivity index is 2.34. The van der Waals surface area contributed by atoms with Gasteiger partial charge in [0, 0.05) is 6.92 Å². The summed E-state index contributed by atoms with van der Waals surface area (Å²) in [7, 11) is 0. The fourth-order valence-corrected chi connectivity index (χ4v) is 1.41. The van der Waals surface area contributed by atoms with Gasteiger partial charge < -0.3 is 4.42 Å². The number of benzene rings is 1. The van der Waals surface area contributed by atoms with Crippen molar-refractivity contribution < 1.29 is 4.42 Å². The van der Waals surface area contributed by atoms with Crippen molar-refractivity contribution in [2.45, 2.75) is 13.3 Å². The Hall–Kier alpha value is -2.08. The minimum atomic E-state index is 0.424. The molecule has 0 fully saturated rings. The lowest BCUT2D eigenvalue weighted by molar-refractivity contribution is 0.561. The van der Waals surface area contributed by atoms with E-state index in [0.717, 1.165) is 16.7 Å². The van der Waals surface area contributed by atoms with Crippen LogP contribution in [-0.4, -0.2) is 4.98 Å². The maximum atomic E-state index is 8.39. The highest BCUT2D eigenvalue weighted by atomic mass is 16.3. The van der Waals surface area contributed by atoms with Crippen LogP contribution in [0.2, 0.25) is 0 Å². The number of rotatable bonds is 2. The fraction of sp³-hybridized carbons (Fsp3) is 0.167. The van der Waals surface area contributed by atoms with Crippen molar-refractivity contribution >= 4 is 17.2 Å². The van der Waals surface area contributed by atoms with E-state index in [1.54, 1.807) is 0 Å². The Kier molecular flexibility index (Phi) is 2.51. The summed E-state index contributed by atoms with van der Waals surface area (Å²) in [5.74, 6) is 0.670. The Labute approximate surface area is 87.7 Å². The van der Waals surface area contributed by atoms with E-state index in [2.05, 4.69) is 11.1 Å². The monoisotopic (exact) mass is 198 g/mol. The van der Waals surface area contributed by atoms with Crippen molar-refractivity contribution in [1.29, 1.82) is 5.26 Å². The average molecular weight is 198 g/mol. The van der Waals surface area contributed by atoms with Crippen molar-refractivity contribution in [2.75, 3.05) is 0 Å². The number of hydrogen-bond donors (Lipinski definition) is 0. The second kappa shape index (κ2) is 3.97. The number of nitrogens with zero attached hydrogens (tertiary/aromatic N) is 2. The normalized spacial score (nSPS) is 10.9. The van der Waals surface area contributed by atoms with E-state index in [4.69, 9.17) is 9.68 Å². The van der Waals surface area contributed by atoms with Crippen molar-refractivity contribution in [3.05, 3.63) is 35.7 Å². The second-order valence-electron chi connectivity index (χ2n) is 3.22. The highest BCUT2D eigenvalue weighted by Crippen LogP contribution is 2.17. The molecule has 0 N–H and O–H groups in total. The average Bonchev–Trinajstić information content (AvgIpc) is 2.57. The molecule has 0 aliphatic rings. The zero-order chi connectivity index (χ0) is 10.7. The molecule has 15 heavy (non-hydrogen) atoms. The summed E-state index contributed by atoms with van der Waals surface area (Å²) < 4.78 is 5.40. The predicted molar refractivity (Wildman–Crippen MR) is 58.0 cm³/mol. The van der Waals surface area contributed by atoms with E-state index in [-0.39, 0.29) is 0 Å². The molecule has 0 amide bonds. The maximum absolute atomic E-state index is 8.39. The summed E-state index contributed by atoms with van der Waals surface area (Å²) in [5, 5.41) is 8.39. The Bertz CT molecular complexity index is 546. The topological polar surface area (TPSA) is 49.8 Å². The first-order valence-electron chi connectivity index (χ1n) is 4.70. The highest BCUT2D eigenvalue weighted by Gasteiger charge is 2.00. The van der Waals surface area contributed by atoms with Gasteiger partial charge in [-0.25, -0.2) is 4.98 Å². The molecule has 1 aromatic carbocycles. The lowest BCUT2D eigenvalue weighted by Gasteiger charge is -1.91. The van der Waals surface area contributed by atoms with Crippen molar-refractivity contribution in [3.63, 3.8) is 0 Å². The third-order valence-corrected chi connectivity index (χ3v) is 2.04. The molecule has 0 saturated heterocycles. The number of nitriles is 1. The summed E-state index contributed by atoms with van der Waals surface area (Å²) >= 11 is 0. The number of aryl methyl sites for hydroxylation is 1. The molecule has 0 bridgehead atoms. The molecule has 1 heterocycles. The summed E-state index contributed by atoms with van der Waals surface area (Å²) in [6.45, 7) is 1.82. The second-order valence-corrected chi connectivity index (χ2v) is 3.22. The zero-order valence-electron chi connectivity index (χ0n) is 8.40. The summed E-state index contributed by atoms with van der Waals surface area (Å²) in [6, 6.07) is 7.85. The highest BCUT2D eigenvalue weighted by molar-refractivity contribution is 5.76. The molecular formula is C12H10N2O. The predicted octanol–water partition coefficient (Wildman–Crippen LogP) is 3.06. The molecular weight excluding hydrogens is 188 g/mol. The number of allylic oxidation sites excluding steroid dienone is 1. The third-order valence-electron chi connectivity index (χ3n) is 2.04. The summed E-state index contributed by atoms with van der Waals surface area (Å²) in [6.07, 6.45) is 4.15. The maximum Gasteiger partial charge on any atom is 0.192 e. The van der Waals surface area contributed by atoms with E-state index >= 15 is 0 Å². The van der Waals surface area contributed by atoms with Gasteiger partial charge in [-0.05, 0) is 17.7 Å². The number of hydrogen-bond acceptors (Lipinski definition) is 3. The molecule has 2 rings (SSSR count). The van der Waals surface area contributed by atoms with E-state index in [1.165, 1.54) is 0 Å². The summed E-state index contributed by atoms with van der Waals surface area (Å²) in [4.78, 5) is 4.21. The Morgan fingerprint density at radius 1 is 1.53 bits per heavy atom. The fourth-order valence-electron chi connectivity index (χ4n) is 1.41. The van der Waals surface area contributed by atoms with Gasteiger partial charge in [-0.2, -0.15) is 5.26 Å². The first-order chi connectivity index (χ1) is 7.29. The smallest absolute Gasteiger partial charge is 0.192 e. The van der Waals surface area contributed by atoms with Crippen molar-refractivity contribution in [3.8, 4) is 6.07 Å². The first kappa shape index (κ1) is 9.47. The standard InChI is InChI=1S/C12H10N2O/c1-9-14-11-6-5-10(4-2-3-7-13)8-12(11)15-9/h2,4-6,8H,3H2,1H3. The van der Waals surface area contributed by atoms with Gasteiger partial charge in [0.15, 0.2) is 11.5 Å². The molecule has 0 spiro atoms. The molecule has 3 heteroatoms. The largest absolute Gasteiger partial charge is 0.441 e. The van der Waals surface area contributed by atoms with Crippen LogP contribution >= 0.6 is 0 Å². The van der Waals surface area contributed by atoms with Crippen LogP contribution in [0.5, 0.6) is 0 Å². The zero-order valence-corrected chi connectivity index (χ0v) is 8.40. The van der Waals surface area contributed by atoms with E-state index in [9.17, 15) is 0 Å². The van der Waals surface area contributed by atoms with Crippen LogP contribution < -0.4 is 0 Å². The van der Waals surface area contributed by atoms with Crippen molar-refractivity contribution in [2.24, 2.45) is 0 Å². The molecule has 2 aromatic rings. The SMILES string of the molecule is Cc1nc2ccc(C=CCC#N)cc2o1. The van der Waals surface area contributed by atoms with Crippen LogP contribution in [0, 0.1) is 18.3 Å². The van der Waals surface area contributed by atoms with Gasteiger partial charge >= 0.3 is 0 Å². The minimum Gasteiger partial charge on any atom is -0.441 e. The van der Waals surface area contributed by atoms with Gasteiger partial charge in [-0.1, -0.05) is 18.2 Å². The summed E-state index contributed by atoms with van der Waals surface area (Å²) in [5.41, 5.74) is 2.67. The molecule has 0 aliphatic carbocycles. The molecule has 0 radical (unpaired) electrons. The van der Waals surface area contributed by atoms with E-state index in [1.807, 2.05) is 37.3 Å². The van der Waals surface area contributed by atoms with Gasteiger partial charge in [0.25, 0.3) is 0 Å². The quantitative estimate of drug-likeness (QED) is 0.745. The Morgan fingerprint density at radius 2 is 2.40 bits per heavy atom. The number of oxazole rings is 1. The van der Waals surface area contributed by atoms with Crippen LogP contribution in [0.15, 0.2) is 28.7 Å². The minimum absolute atomic E-state index is 0.424. The van der Waals surface area contributed by atoms with Crippen LogP contribution in [0.3, 0.4) is 0 Å². The molecule has 0 aliphatic heterocycles. The molecule has 1 aromatic heterocycles. The lowest BCUT2D eigenvalue weighted by atomic mass is 10.2. The molecule has 0 unspecified atom stereocenters. The van der Waals surface area contributed by atoms with Gasteiger partial charge in [0.05, 0.1) is 12.5 Å². The molecule has 3 nitrogen and oxygen atoms in total. The van der Waals surface area contributed by atoms with Crippen LogP contribution in [0.1, 0.15) is 17.9 Å². The van der Waals surface area contributed by atoms with Crippen LogP contribution in [0.25, 0.3) is 17.2 Å². The lowest BCUT2D eigenvalue weighted by Crippen LogP contribution is -1.72. The van der Waals surface area contributed by atoms with E-state index in [0.29, 0.717) is 12.3 Å². The van der Waals surface area contributed by atoms with Gasteiger partial charge in [0.2, 0.25) is 0 Å². The molecule has 0 atom stereocenters. The van der Waals surface area contributed by atoms with Crippen LogP contribution in [0.4, 0.5) is 0 Å². The third kappa shape index (κ3) is 2.05. The number of aromatic nitrogens is 1. The van der Waals surface area contributed by atoms with Gasteiger partial charge in [-0.15, -0.1) is 0 Å².